The van der Waals surface area contributed by atoms with E-state index >= 15 is 0 Å². The van der Waals surface area contributed by atoms with Gasteiger partial charge < -0.3 is 4.90 Å². The number of fused-ring (bicyclic) bond motifs is 5. The van der Waals surface area contributed by atoms with Crippen molar-refractivity contribution in [3.05, 3.63) is 249 Å². The van der Waals surface area contributed by atoms with Crippen molar-refractivity contribution >= 4 is 70.1 Å². The summed E-state index contributed by atoms with van der Waals surface area (Å²) in [6, 6.07) is 90.8. The lowest BCUT2D eigenvalue weighted by molar-refractivity contribution is 1.28. The van der Waals surface area contributed by atoms with Crippen LogP contribution in [0.1, 0.15) is 0 Å². The fourth-order valence-electron chi connectivity index (χ4n) is 9.50. The highest BCUT2D eigenvalue weighted by molar-refractivity contribution is 7.26. The summed E-state index contributed by atoms with van der Waals surface area (Å²) in [5, 5.41) is 7.67. The second kappa shape index (κ2) is 16.0. The van der Waals surface area contributed by atoms with Crippen molar-refractivity contribution in [3.8, 4) is 55.6 Å². The molecule has 0 N–H and O–H groups in total. The molecule has 0 saturated carbocycles. The zero-order chi connectivity index (χ0) is 42.4. The molecule has 0 bridgehead atoms. The number of rotatable bonds is 8. The number of hydrogen-bond donors (Lipinski definition) is 0. The Balaban J connectivity index is 0.904. The molecule has 0 aliphatic carbocycles. The summed E-state index contributed by atoms with van der Waals surface area (Å²) in [5.41, 5.74) is 15.4. The summed E-state index contributed by atoms with van der Waals surface area (Å²) in [5.74, 6) is 0. The van der Waals surface area contributed by atoms with Gasteiger partial charge >= 0.3 is 0 Å². The lowest BCUT2D eigenvalue weighted by Gasteiger charge is -2.26. The van der Waals surface area contributed by atoms with E-state index in [0.717, 1.165) is 17.1 Å². The van der Waals surface area contributed by atoms with Crippen molar-refractivity contribution in [2.75, 3.05) is 4.90 Å². The van der Waals surface area contributed by atoms with Crippen LogP contribution in [0.25, 0.3) is 97.4 Å². The van der Waals surface area contributed by atoms with Gasteiger partial charge in [0.1, 0.15) is 0 Å². The van der Waals surface area contributed by atoms with Crippen molar-refractivity contribution in [1.29, 1.82) is 0 Å². The van der Waals surface area contributed by atoms with Gasteiger partial charge in [-0.15, -0.1) is 11.3 Å². The number of anilines is 3. The molecule has 0 radical (unpaired) electrons. The Morgan fingerprint density at radius 2 is 0.641 bits per heavy atom. The molecule has 0 unspecified atom stereocenters. The van der Waals surface area contributed by atoms with Gasteiger partial charge in [-0.25, -0.2) is 0 Å². The maximum Gasteiger partial charge on any atom is 0.0462 e. The van der Waals surface area contributed by atoms with Gasteiger partial charge in [0.05, 0.1) is 0 Å². The molecular weight excluding hydrogens is 791 g/mol. The Labute approximate surface area is 377 Å². The maximum absolute atomic E-state index is 2.37. The Bertz CT molecular complexity index is 3640. The molecule has 1 nitrogen and oxygen atoms in total. The zero-order valence-corrected chi connectivity index (χ0v) is 35.8. The summed E-state index contributed by atoms with van der Waals surface area (Å²) in [4.78, 5) is 2.37. The summed E-state index contributed by atoms with van der Waals surface area (Å²) in [7, 11) is 0. The third-order valence-corrected chi connectivity index (χ3v) is 13.9. The number of benzene rings is 11. The van der Waals surface area contributed by atoms with Crippen LogP contribution in [0.15, 0.2) is 249 Å². The van der Waals surface area contributed by atoms with Gasteiger partial charge in [-0.2, -0.15) is 0 Å². The predicted octanol–water partition coefficient (Wildman–Crippen LogP) is 18.2. The number of thiophene rings is 1. The van der Waals surface area contributed by atoms with Crippen LogP contribution in [0, 0.1) is 0 Å². The minimum absolute atomic E-state index is 1.10. The standard InChI is InChI=1S/C62H41NS/c1-3-20-54-44(12-1)14-9-23-56(54)46-32-38-53(39-33-46)63(51-34-28-42(29-35-51)47-16-7-18-49(40-47)57-24-10-15-45-13-2-4-21-55(45)57)52-36-30-43(31-37-52)48-17-8-19-50(41-48)58-25-11-26-60-59-22-5-6-27-61(59)64-62(58)60/h1-41H. The van der Waals surface area contributed by atoms with E-state index in [-0.39, 0.29) is 0 Å². The molecule has 1 aromatic heterocycles. The molecule has 0 fully saturated rings. The van der Waals surface area contributed by atoms with Gasteiger partial charge in [0.15, 0.2) is 0 Å². The third-order valence-electron chi connectivity index (χ3n) is 12.7. The summed E-state index contributed by atoms with van der Waals surface area (Å²) in [6.45, 7) is 0. The molecule has 0 amide bonds. The molecular formula is C62H41NS. The number of hydrogen-bond acceptors (Lipinski definition) is 2. The molecule has 0 saturated heterocycles. The largest absolute Gasteiger partial charge is 0.311 e. The van der Waals surface area contributed by atoms with E-state index in [2.05, 4.69) is 254 Å². The van der Waals surface area contributed by atoms with Crippen LogP contribution in [0.3, 0.4) is 0 Å². The lowest BCUT2D eigenvalue weighted by atomic mass is 9.95. The van der Waals surface area contributed by atoms with E-state index in [1.165, 1.54) is 97.4 Å². The molecule has 12 rings (SSSR count). The lowest BCUT2D eigenvalue weighted by Crippen LogP contribution is -2.09. The molecule has 12 aromatic rings. The van der Waals surface area contributed by atoms with E-state index in [0.29, 0.717) is 0 Å². The molecule has 1 heterocycles. The molecule has 64 heavy (non-hydrogen) atoms. The quantitative estimate of drug-likeness (QED) is 0.147. The van der Waals surface area contributed by atoms with Crippen molar-refractivity contribution in [2.24, 2.45) is 0 Å². The second-order valence-electron chi connectivity index (χ2n) is 16.5. The van der Waals surface area contributed by atoms with Crippen molar-refractivity contribution < 1.29 is 0 Å². The molecule has 0 spiro atoms. The smallest absolute Gasteiger partial charge is 0.0462 e. The molecule has 300 valence electrons. The van der Waals surface area contributed by atoms with E-state index in [9.17, 15) is 0 Å². The van der Waals surface area contributed by atoms with Crippen LogP contribution in [0.2, 0.25) is 0 Å². The molecule has 0 aliphatic rings. The highest BCUT2D eigenvalue weighted by Gasteiger charge is 2.16. The maximum atomic E-state index is 2.37. The fourth-order valence-corrected chi connectivity index (χ4v) is 10.7. The minimum atomic E-state index is 1.10. The average Bonchev–Trinajstić information content (AvgIpc) is 3.76. The first kappa shape index (κ1) is 37.7. The fraction of sp³-hybridized carbons (Fsp3) is 0. The Kier molecular flexibility index (Phi) is 9.43. The molecule has 0 atom stereocenters. The normalized spacial score (nSPS) is 11.4. The van der Waals surface area contributed by atoms with Gasteiger partial charge in [0, 0.05) is 37.2 Å². The molecule has 0 aliphatic heterocycles. The monoisotopic (exact) mass is 831 g/mol. The van der Waals surface area contributed by atoms with E-state index in [1.54, 1.807) is 0 Å². The first-order valence-corrected chi connectivity index (χ1v) is 22.7. The van der Waals surface area contributed by atoms with E-state index in [1.807, 2.05) is 11.3 Å². The topological polar surface area (TPSA) is 3.24 Å². The van der Waals surface area contributed by atoms with E-state index < -0.39 is 0 Å². The third kappa shape index (κ3) is 6.82. The Hall–Kier alpha value is -8.04. The predicted molar refractivity (Wildman–Crippen MR) is 276 cm³/mol. The van der Waals surface area contributed by atoms with Crippen molar-refractivity contribution in [3.63, 3.8) is 0 Å². The zero-order valence-electron chi connectivity index (χ0n) is 35.0. The van der Waals surface area contributed by atoms with Gasteiger partial charge in [0.25, 0.3) is 0 Å². The van der Waals surface area contributed by atoms with Gasteiger partial charge in [0.2, 0.25) is 0 Å². The van der Waals surface area contributed by atoms with Crippen LogP contribution in [0.4, 0.5) is 17.1 Å². The highest BCUT2D eigenvalue weighted by Crippen LogP contribution is 2.42. The van der Waals surface area contributed by atoms with Crippen LogP contribution < -0.4 is 4.90 Å². The first-order chi connectivity index (χ1) is 31.7. The van der Waals surface area contributed by atoms with Gasteiger partial charge in [-0.05, 0) is 132 Å². The Morgan fingerprint density at radius 3 is 1.22 bits per heavy atom. The van der Waals surface area contributed by atoms with Gasteiger partial charge in [-0.1, -0.05) is 194 Å². The highest BCUT2D eigenvalue weighted by atomic mass is 32.1. The van der Waals surface area contributed by atoms with Crippen LogP contribution in [0.5, 0.6) is 0 Å². The van der Waals surface area contributed by atoms with Gasteiger partial charge in [-0.3, -0.25) is 0 Å². The first-order valence-electron chi connectivity index (χ1n) is 21.9. The number of nitrogens with zero attached hydrogens (tertiary/aromatic N) is 1. The minimum Gasteiger partial charge on any atom is -0.311 e. The van der Waals surface area contributed by atoms with Crippen LogP contribution >= 0.6 is 11.3 Å². The Morgan fingerprint density at radius 1 is 0.250 bits per heavy atom. The summed E-state index contributed by atoms with van der Waals surface area (Å²) >= 11 is 1.88. The summed E-state index contributed by atoms with van der Waals surface area (Å²) < 4.78 is 2.66. The van der Waals surface area contributed by atoms with E-state index in [4.69, 9.17) is 0 Å². The summed E-state index contributed by atoms with van der Waals surface area (Å²) in [6.07, 6.45) is 0. The molecule has 2 heteroatoms. The van der Waals surface area contributed by atoms with Crippen molar-refractivity contribution in [1.82, 2.24) is 0 Å². The average molecular weight is 832 g/mol. The van der Waals surface area contributed by atoms with Crippen LogP contribution in [-0.4, -0.2) is 0 Å². The molecule has 11 aromatic carbocycles. The second-order valence-corrected chi connectivity index (χ2v) is 17.5. The SMILES string of the molecule is c1cc(-c2ccc(N(c3ccc(-c4cccc(-c5cccc6c5sc5ccccc56)c4)cc3)c3ccc(-c4cccc5ccccc45)cc3)cc2)cc(-c2cccc3ccccc23)c1. The van der Waals surface area contributed by atoms with Crippen LogP contribution in [-0.2, 0) is 0 Å². The van der Waals surface area contributed by atoms with Crippen molar-refractivity contribution in [2.45, 2.75) is 0 Å².